The number of hydrogen-bond acceptors (Lipinski definition) is 5. The van der Waals surface area contributed by atoms with Crippen LogP contribution in [0.2, 0.25) is 0 Å². The largest absolute Gasteiger partial charge is 0.431 e. The van der Waals surface area contributed by atoms with Crippen LogP contribution >= 0.6 is 0 Å². The molecule has 1 aromatic heterocycles. The first-order valence-electron chi connectivity index (χ1n) is 15.6. The second kappa shape index (κ2) is 9.90. The van der Waals surface area contributed by atoms with Crippen molar-refractivity contribution in [1.82, 2.24) is 14.7 Å². The molecule has 0 radical (unpaired) electrons. The van der Waals surface area contributed by atoms with Crippen molar-refractivity contribution < 1.29 is 14.3 Å². The average molecular weight is 540 g/mol. The third-order valence-corrected chi connectivity index (χ3v) is 12.8. The summed E-state index contributed by atoms with van der Waals surface area (Å²) in [5.41, 5.74) is 0.115. The van der Waals surface area contributed by atoms with Gasteiger partial charge in [-0.15, -0.1) is 0 Å². The van der Waals surface area contributed by atoms with Gasteiger partial charge in [-0.1, -0.05) is 13.8 Å². The molecule has 2 heterocycles. The molecule has 0 aromatic carbocycles. The predicted molar refractivity (Wildman–Crippen MR) is 152 cm³/mol. The summed E-state index contributed by atoms with van der Waals surface area (Å²) in [5.74, 6) is 1.69. The Kier molecular flexibility index (Phi) is 6.93. The first kappa shape index (κ1) is 27.3. The number of likely N-dealkylation sites (N-methyl/N-ethyl adjacent to an activating group) is 1. The Morgan fingerprint density at radius 1 is 1.00 bits per heavy atom. The Labute approximate surface area is 233 Å². The van der Waals surface area contributed by atoms with Crippen LogP contribution in [0, 0.1) is 28.6 Å². The number of hydrogen-bond donors (Lipinski definition) is 1. The smallest absolute Gasteiger partial charge is 0.335 e. The van der Waals surface area contributed by atoms with Gasteiger partial charge in [-0.3, -0.25) is 0 Å². The fourth-order valence-corrected chi connectivity index (χ4v) is 10.3. The quantitative estimate of drug-likeness (QED) is 0.576. The summed E-state index contributed by atoms with van der Waals surface area (Å²) >= 11 is 0. The predicted octanol–water partition coefficient (Wildman–Crippen LogP) is 4.94. The molecular formula is C32H49N3O4. The highest BCUT2D eigenvalue weighted by Crippen LogP contribution is 2.70. The van der Waals surface area contributed by atoms with Crippen molar-refractivity contribution >= 4 is 6.03 Å². The minimum absolute atomic E-state index is 0.192. The molecular weight excluding hydrogens is 490 g/mol. The van der Waals surface area contributed by atoms with Gasteiger partial charge in [-0.25, -0.2) is 9.59 Å². The third kappa shape index (κ3) is 4.29. The summed E-state index contributed by atoms with van der Waals surface area (Å²) in [6, 6.07) is 3.97. The molecule has 2 amide bonds. The van der Waals surface area contributed by atoms with Crippen LogP contribution in [-0.2, 0) is 0 Å². The number of carbonyl (C=O) groups is 1. The maximum Gasteiger partial charge on any atom is 0.335 e. The standard InChI is InChI=1S/C32H49N3O4/c1-30-13-10-24(34(4)29(37)35-17-5-16-33(3)18-19-35)20-23(30)7-8-27-26(30)11-14-31(2)25(12-15-32(27,31)38)22-6-9-28(36)39-21-22/h6,9,21,23-27,38H,5,7-8,10-20H2,1-4H3/t23-,24+,25-,26+,27-,30+,31-,32+/m1/s1. The molecule has 4 aliphatic carbocycles. The maximum absolute atomic E-state index is 13.5. The van der Waals surface area contributed by atoms with Gasteiger partial charge in [0.25, 0.3) is 0 Å². The summed E-state index contributed by atoms with van der Waals surface area (Å²) in [6.45, 7) is 8.52. The van der Waals surface area contributed by atoms with E-state index >= 15 is 0 Å². The minimum atomic E-state index is -0.672. The summed E-state index contributed by atoms with van der Waals surface area (Å²) in [4.78, 5) is 31.5. The third-order valence-electron chi connectivity index (χ3n) is 12.8. The number of aliphatic hydroxyl groups is 1. The lowest BCUT2D eigenvalue weighted by molar-refractivity contribution is -0.203. The highest BCUT2D eigenvalue weighted by atomic mass is 16.4. The van der Waals surface area contributed by atoms with Crippen molar-refractivity contribution in [3.8, 4) is 0 Å². The number of nitrogens with zero attached hydrogens (tertiary/aromatic N) is 3. The van der Waals surface area contributed by atoms with E-state index in [4.69, 9.17) is 4.42 Å². The number of carbonyl (C=O) groups excluding carboxylic acids is 1. The number of rotatable bonds is 2. The van der Waals surface area contributed by atoms with Gasteiger partial charge in [0.1, 0.15) is 0 Å². The van der Waals surface area contributed by atoms with Crippen molar-refractivity contribution in [3.63, 3.8) is 0 Å². The van der Waals surface area contributed by atoms with Crippen LogP contribution in [0.25, 0.3) is 0 Å². The molecule has 8 atom stereocenters. The molecule has 6 rings (SSSR count). The SMILES string of the molecule is CN1CCCN(C(=O)N(C)[C@H]2CC[C@@]3(C)[C@H](CC[C@@H]4[C@@H]3CC[C@]3(C)[C@@H](c5ccc(=O)oc5)CC[C@]43O)C2)CC1. The van der Waals surface area contributed by atoms with E-state index in [1.54, 1.807) is 6.26 Å². The van der Waals surface area contributed by atoms with Gasteiger partial charge in [0.15, 0.2) is 0 Å². The first-order valence-corrected chi connectivity index (χ1v) is 15.6. The molecule has 5 aliphatic rings. The van der Waals surface area contributed by atoms with E-state index in [1.807, 2.05) is 13.1 Å². The summed E-state index contributed by atoms with van der Waals surface area (Å²) < 4.78 is 5.25. The van der Waals surface area contributed by atoms with Crippen molar-refractivity contribution in [2.75, 3.05) is 40.3 Å². The number of amides is 2. The van der Waals surface area contributed by atoms with Crippen molar-refractivity contribution in [2.24, 2.45) is 28.6 Å². The zero-order chi connectivity index (χ0) is 27.6. The van der Waals surface area contributed by atoms with Gasteiger partial charge in [-0.05, 0) is 119 Å². The zero-order valence-corrected chi connectivity index (χ0v) is 24.5. The van der Waals surface area contributed by atoms with E-state index < -0.39 is 5.60 Å². The fourth-order valence-electron chi connectivity index (χ4n) is 10.3. The Hall–Kier alpha value is -1.86. The molecule has 0 spiro atoms. The Morgan fingerprint density at radius 3 is 2.59 bits per heavy atom. The monoisotopic (exact) mass is 539 g/mol. The molecule has 1 aliphatic heterocycles. The number of fused-ring (bicyclic) bond motifs is 5. The van der Waals surface area contributed by atoms with Gasteiger partial charge < -0.3 is 24.2 Å². The highest BCUT2D eigenvalue weighted by molar-refractivity contribution is 5.74. The molecule has 5 fully saturated rings. The Bertz CT molecular complexity index is 1120. The second-order valence-electron chi connectivity index (χ2n) is 14.3. The second-order valence-corrected chi connectivity index (χ2v) is 14.3. The van der Waals surface area contributed by atoms with E-state index in [9.17, 15) is 14.7 Å². The molecule has 0 bridgehead atoms. The lowest BCUT2D eigenvalue weighted by Gasteiger charge is -2.64. The molecule has 216 valence electrons. The molecule has 1 aromatic rings. The van der Waals surface area contributed by atoms with Crippen LogP contribution < -0.4 is 5.63 Å². The fraction of sp³-hybridized carbons (Fsp3) is 0.812. The zero-order valence-electron chi connectivity index (χ0n) is 24.5. The molecule has 7 heteroatoms. The molecule has 1 N–H and O–H groups in total. The van der Waals surface area contributed by atoms with E-state index in [1.165, 1.54) is 6.07 Å². The number of urea groups is 1. The first-order chi connectivity index (χ1) is 18.6. The van der Waals surface area contributed by atoms with Gasteiger partial charge in [-0.2, -0.15) is 0 Å². The van der Waals surface area contributed by atoms with Crippen molar-refractivity contribution in [1.29, 1.82) is 0 Å². The lowest BCUT2D eigenvalue weighted by atomic mass is 9.43. The normalized spacial score (nSPS) is 42.7. The van der Waals surface area contributed by atoms with E-state index in [0.717, 1.165) is 96.0 Å². The van der Waals surface area contributed by atoms with Crippen molar-refractivity contribution in [2.45, 2.75) is 95.6 Å². The van der Waals surface area contributed by atoms with Crippen LogP contribution in [-0.4, -0.2) is 77.8 Å². The van der Waals surface area contributed by atoms with Crippen LogP contribution in [0.4, 0.5) is 4.79 Å². The lowest BCUT2D eigenvalue weighted by Crippen LogP contribution is -2.62. The Balaban J connectivity index is 1.16. The van der Waals surface area contributed by atoms with Crippen LogP contribution in [0.3, 0.4) is 0 Å². The van der Waals surface area contributed by atoms with Gasteiger partial charge >= 0.3 is 11.7 Å². The molecule has 4 saturated carbocycles. The van der Waals surface area contributed by atoms with Gasteiger partial charge in [0, 0.05) is 44.2 Å². The van der Waals surface area contributed by atoms with Crippen molar-refractivity contribution in [3.05, 3.63) is 34.4 Å². The Morgan fingerprint density at radius 2 is 1.82 bits per heavy atom. The summed E-state index contributed by atoms with van der Waals surface area (Å²) in [5, 5.41) is 12.5. The highest BCUT2D eigenvalue weighted by Gasteiger charge is 2.67. The van der Waals surface area contributed by atoms with Gasteiger partial charge in [0.05, 0.1) is 11.9 Å². The van der Waals surface area contributed by atoms with E-state index in [-0.39, 0.29) is 28.4 Å². The van der Waals surface area contributed by atoms with Crippen LogP contribution in [0.1, 0.15) is 89.5 Å². The van der Waals surface area contributed by atoms with Crippen LogP contribution in [0.5, 0.6) is 0 Å². The summed E-state index contributed by atoms with van der Waals surface area (Å²) in [6.07, 6.45) is 12.2. The van der Waals surface area contributed by atoms with E-state index in [0.29, 0.717) is 23.8 Å². The molecule has 0 unspecified atom stereocenters. The molecule has 1 saturated heterocycles. The van der Waals surface area contributed by atoms with Crippen LogP contribution in [0.15, 0.2) is 27.6 Å². The topological polar surface area (TPSA) is 77.2 Å². The van der Waals surface area contributed by atoms with E-state index in [2.05, 4.69) is 35.6 Å². The minimum Gasteiger partial charge on any atom is -0.431 e. The summed E-state index contributed by atoms with van der Waals surface area (Å²) in [7, 11) is 4.18. The molecule has 7 nitrogen and oxygen atoms in total. The maximum atomic E-state index is 13.5. The molecule has 39 heavy (non-hydrogen) atoms. The van der Waals surface area contributed by atoms with Gasteiger partial charge in [0.2, 0.25) is 0 Å². The average Bonchev–Trinajstić information content (AvgIpc) is 3.04.